The number of hydrogen-bond donors (Lipinski definition) is 3. The van der Waals surface area contributed by atoms with Gasteiger partial charge < -0.3 is 106 Å². The Morgan fingerprint density at radius 2 is 0.529 bits per heavy atom. The van der Waals surface area contributed by atoms with Gasteiger partial charge >= 0.3 is 36.2 Å². The molecule has 32 heteroatoms. The molecule has 2 aliphatic rings. The second-order valence-corrected chi connectivity index (χ2v) is 26.4. The minimum atomic E-state index is -0.392. The van der Waals surface area contributed by atoms with Gasteiger partial charge in [0.05, 0.1) is 129 Å². The number of esters is 2. The first kappa shape index (κ1) is 113. The number of carbonyl (C=O) groups is 3. The predicted octanol–water partition coefficient (Wildman–Crippen LogP) is 14.2. The van der Waals surface area contributed by atoms with Crippen LogP contribution in [0.4, 0.5) is 0 Å². The summed E-state index contributed by atoms with van der Waals surface area (Å²) in [7, 11) is 0. The summed E-state index contributed by atoms with van der Waals surface area (Å²) >= 11 is 16.5. The van der Waals surface area contributed by atoms with Gasteiger partial charge in [0.25, 0.3) is 5.24 Å². The van der Waals surface area contributed by atoms with E-state index in [0.717, 1.165) is 59.1 Å². The summed E-state index contributed by atoms with van der Waals surface area (Å²) in [4.78, 5) is 34.8. The molecule has 0 atom stereocenters. The summed E-state index contributed by atoms with van der Waals surface area (Å²) in [5.41, 5.74) is 8.04. The molecule has 7 aromatic carbocycles. The van der Waals surface area contributed by atoms with Crippen LogP contribution < -0.4 is 43.2 Å². The molecule has 0 bridgehead atoms. The molecule has 0 fully saturated rings. The van der Waals surface area contributed by atoms with Gasteiger partial charge in [-0.05, 0) is 164 Å². The number of alkyl halides is 2. The molecule has 0 saturated heterocycles. The van der Waals surface area contributed by atoms with Crippen molar-refractivity contribution >= 4 is 52.0 Å². The van der Waals surface area contributed by atoms with E-state index in [1.165, 1.54) is 0 Å². The predicted molar refractivity (Wildman–Crippen MR) is 444 cm³/mol. The number of hydrogen-bond acceptors (Lipinski definition) is 26. The van der Waals surface area contributed by atoms with Crippen LogP contribution in [0.25, 0.3) is 0 Å². The van der Waals surface area contributed by atoms with Gasteiger partial charge in [0.15, 0.2) is 46.0 Å². The first-order valence-corrected chi connectivity index (χ1v) is 40.7. The zero-order valence-corrected chi connectivity index (χ0v) is 76.0. The molecule has 663 valence electrons. The Balaban J connectivity index is 0.00000152. The quantitative estimate of drug-likeness (QED) is 0.0282. The van der Waals surface area contributed by atoms with Gasteiger partial charge in [-0.2, -0.15) is 0 Å². The van der Waals surface area contributed by atoms with Crippen LogP contribution in [0.15, 0.2) is 152 Å². The molecule has 0 aromatic heterocycles. The van der Waals surface area contributed by atoms with Crippen molar-refractivity contribution in [2.75, 3.05) is 203 Å². The van der Waals surface area contributed by atoms with Crippen molar-refractivity contribution in [2.45, 2.75) is 73.6 Å². The summed E-state index contributed by atoms with van der Waals surface area (Å²) in [5, 5.41) is 19.6. The molecule has 26 nitrogen and oxygen atoms in total. The van der Waals surface area contributed by atoms with Crippen LogP contribution in [-0.2, 0) is 115 Å². The largest absolute Gasteiger partial charge is 0.487 e. The Kier molecular flexibility index (Phi) is 72.8. The second-order valence-electron chi connectivity index (χ2n) is 25.2. The van der Waals surface area contributed by atoms with Crippen molar-refractivity contribution in [2.24, 2.45) is 0 Å². The van der Waals surface area contributed by atoms with E-state index in [4.69, 9.17) is 134 Å². The zero-order chi connectivity index (χ0) is 84.1. The third-order valence-electron chi connectivity index (χ3n) is 15.4. The van der Waals surface area contributed by atoms with Crippen molar-refractivity contribution in [1.29, 1.82) is 0 Å². The fraction of sp³-hybridized carbons (Fsp3) is 0.483. The summed E-state index contributed by atoms with van der Waals surface area (Å²) < 4.78 is 109. The number of nitrogens with one attached hydrogen (secondary N) is 1. The van der Waals surface area contributed by atoms with Gasteiger partial charge in [-0.1, -0.05) is 113 Å². The van der Waals surface area contributed by atoms with Crippen LogP contribution in [0.5, 0.6) is 46.0 Å². The number of aliphatic hydroxyl groups excluding tert-OH is 2. The first-order valence-electron chi connectivity index (χ1n) is 38.6. The molecule has 0 unspecified atom stereocenters. The molecule has 0 saturated carbocycles. The molecule has 9 rings (SSSR count). The van der Waals surface area contributed by atoms with Crippen molar-refractivity contribution in [3.05, 3.63) is 202 Å². The topological polar surface area (TPSA) is 317 Å². The summed E-state index contributed by atoms with van der Waals surface area (Å²) in [6.07, 6.45) is 4.52. The average molecular weight is 1890 g/mol. The molecule has 2 aliphatic heterocycles. The number of benzene rings is 7. The Bertz CT molecular complexity index is 3200. The van der Waals surface area contributed by atoms with Crippen LogP contribution in [0.2, 0.25) is 0 Å². The molecule has 7 aromatic rings. The van der Waals surface area contributed by atoms with Crippen LogP contribution in [0, 0.1) is 41.5 Å². The number of rotatable bonds is 15. The van der Waals surface area contributed by atoms with E-state index >= 15 is 0 Å². The number of carbonyl (C=O) groups excluding carboxylic acids is 3. The summed E-state index contributed by atoms with van der Waals surface area (Å²) in [6.45, 7) is 25.1. The van der Waals surface area contributed by atoms with Gasteiger partial charge in [0, 0.05) is 68.8 Å². The summed E-state index contributed by atoms with van der Waals surface area (Å²) in [6, 6.07) is 47.1. The van der Waals surface area contributed by atoms with E-state index in [0.29, 0.717) is 254 Å². The number of para-hydroxylation sites is 8. The monoisotopic (exact) mass is 1890 g/mol. The number of ether oxygens (including phenoxy) is 18. The maximum atomic E-state index is 12.0. The molecule has 2 heterocycles. The van der Waals surface area contributed by atoms with Gasteiger partial charge in [0.2, 0.25) is 0 Å². The molecule has 4 N–H and O–H groups in total. The van der Waals surface area contributed by atoms with Crippen LogP contribution in [0.1, 0.15) is 96.6 Å². The third kappa shape index (κ3) is 57.1. The van der Waals surface area contributed by atoms with Gasteiger partial charge in [-0.25, -0.2) is 9.59 Å². The van der Waals surface area contributed by atoms with Gasteiger partial charge in [-0.15, -0.1) is 23.2 Å². The standard InChI is InChI=1S/2C24H32O8.C23H29NO4.C9H9ClO.C6H14O2.CH2Cl2.Ag.H2O.O.2Ti/c2*1-2-6-22-21(5-1)29-17-13-25-9-10-27-15-19-31-23-7-3-4-8-24(23)32-20-16-28-12-11-26-14-18-30-22;1-16-10-17(2)13-20(12-16)22(25)27-8-5-6-24-7-9-28-23(26)21-14-18(3)11-19(4)15-21;1-6-3-7(2)5-8(4-6)9(10)11;7-5-3-1-2-4-6-8;2-1-3;;;;;/h2*1-8H,9-20H2;10-15,24H,5-9H2,1-4H3;3-5H,1-2H3;7-8H,1-6H2;1H2;;1H2;;;/p-1. The first-order chi connectivity index (χ1) is 56.6. The van der Waals surface area contributed by atoms with E-state index < -0.39 is 5.24 Å². The number of fused-ring (bicyclic) bond motifs is 4. The number of halogens is 3. The van der Waals surface area contributed by atoms with Crippen molar-refractivity contribution < 1.29 is 183 Å². The smallest absolute Gasteiger partial charge is 0.161 e. The fourth-order valence-corrected chi connectivity index (χ4v) is 10.6. The van der Waals surface area contributed by atoms with E-state index in [9.17, 15) is 14.4 Å². The number of unbranched alkanes of at least 4 members (excludes halogenated alkanes) is 3. The number of aryl methyl sites for hydroxylation is 6. The SMILES string of the molecule is Cc1cc(C)cc(C(=O)Cl)c1.Cc1cc(C)cc(C(=O)OCCCNCCOC(=O)c2cc(C)cc(C)c2)c1.ClCCl.OCCCCCCO.[OH-].[O]=[Ag].[Ti].[Ti].c1ccc2c(c1)OCCOCCOCCOc1ccccc1OCCOCCOCCO2.c1ccc2c(c1)OCCOCCOCCOc1ccccc1OCCOCCOCCO2. The van der Waals surface area contributed by atoms with Crippen LogP contribution in [0.3, 0.4) is 0 Å². The van der Waals surface area contributed by atoms with Gasteiger partial charge in [0.1, 0.15) is 59.5 Å². The molecular weight excluding hydrogens is 1770 g/mol. The minimum absolute atomic E-state index is 0. The van der Waals surface area contributed by atoms with Gasteiger partial charge in [-0.3, -0.25) is 4.79 Å². The second kappa shape index (κ2) is 76.8. The number of aliphatic hydroxyl groups is 2. The maximum Gasteiger partial charge on any atom is 0.161 e. The van der Waals surface area contributed by atoms with E-state index in [1.807, 2.05) is 181 Å². The van der Waals surface area contributed by atoms with E-state index in [1.54, 1.807) is 33.2 Å². The van der Waals surface area contributed by atoms with Crippen LogP contribution >= 0.6 is 34.8 Å². The minimum Gasteiger partial charge on any atom is -0.487 e. The molecule has 0 radical (unpaired) electrons. The Morgan fingerprint density at radius 1 is 0.328 bits per heavy atom. The molecule has 0 amide bonds. The van der Waals surface area contributed by atoms with E-state index in [2.05, 4.69) is 5.32 Å². The molecular formula is C87H119AgCl3NO25Ti2-. The summed E-state index contributed by atoms with van der Waals surface area (Å²) in [5.74, 6) is 4.86. The maximum absolute atomic E-state index is 12.0. The average Bonchev–Trinajstić information content (AvgIpc) is 0.890. The molecule has 119 heavy (non-hydrogen) atoms. The van der Waals surface area contributed by atoms with Crippen molar-refractivity contribution in [3.63, 3.8) is 0 Å². The molecule has 0 aliphatic carbocycles. The normalized spacial score (nSPS) is 14.1. The Labute approximate surface area is 759 Å². The molecule has 0 spiro atoms. The van der Waals surface area contributed by atoms with E-state index in [-0.39, 0.29) is 79.4 Å². The van der Waals surface area contributed by atoms with Crippen molar-refractivity contribution in [1.82, 2.24) is 5.32 Å². The van der Waals surface area contributed by atoms with Crippen molar-refractivity contribution in [3.8, 4) is 46.0 Å². The Hall–Kier alpha value is -6.09. The zero-order valence-electron chi connectivity index (χ0n) is 69.1. The third-order valence-corrected chi connectivity index (χ3v) is 15.7. The van der Waals surface area contributed by atoms with Crippen LogP contribution in [-0.4, -0.2) is 236 Å². The fourth-order valence-electron chi connectivity index (χ4n) is 10.4. The Morgan fingerprint density at radius 3 is 0.739 bits per heavy atom.